The summed E-state index contributed by atoms with van der Waals surface area (Å²) in [6, 6.07) is 4.73. The molecule has 0 spiro atoms. The average molecular weight is 863 g/mol. The van der Waals surface area contributed by atoms with Crippen LogP contribution in [0.25, 0.3) is 10.4 Å². The van der Waals surface area contributed by atoms with Crippen LogP contribution < -0.4 is 10.6 Å². The molecule has 51 heavy (non-hydrogen) atoms. The third-order valence-electron chi connectivity index (χ3n) is 7.38. The summed E-state index contributed by atoms with van der Waals surface area (Å²) in [7, 11) is 1.25. The van der Waals surface area contributed by atoms with Gasteiger partial charge in [-0.05, 0) is 18.0 Å². The second-order valence-corrected chi connectivity index (χ2v) is 15.8. The van der Waals surface area contributed by atoms with E-state index in [2.05, 4.69) is 20.7 Å². The quantitative estimate of drug-likeness (QED) is 0.0947. The zero-order valence-corrected chi connectivity index (χ0v) is 32.1. The van der Waals surface area contributed by atoms with E-state index in [9.17, 15) is 24.7 Å². The molecule has 2 amide bonds. The smallest absolute Gasteiger partial charge is 0.320 e. The molecular formula is C28H32Cl7N5O11. The fourth-order valence-corrected chi connectivity index (χ4v) is 5.59. The van der Waals surface area contributed by atoms with E-state index < -0.39 is 105 Å². The van der Waals surface area contributed by atoms with Gasteiger partial charge in [0.1, 0.15) is 55.0 Å². The molecule has 10 atom stereocenters. The minimum atomic E-state index is -2.53. The Bertz CT molecular complexity index is 1420. The van der Waals surface area contributed by atoms with Gasteiger partial charge in [-0.3, -0.25) is 19.2 Å². The second kappa shape index (κ2) is 19.5. The molecule has 2 fully saturated rings. The van der Waals surface area contributed by atoms with Gasteiger partial charge in [-0.25, -0.2) is 0 Å². The first-order chi connectivity index (χ1) is 23.9. The van der Waals surface area contributed by atoms with Crippen LogP contribution in [0.4, 0.5) is 0 Å². The molecule has 16 nitrogen and oxygen atoms in total. The van der Waals surface area contributed by atoms with E-state index in [1.807, 2.05) is 0 Å². The summed E-state index contributed by atoms with van der Waals surface area (Å²) in [5.74, 6) is -4.47. The number of azide groups is 1. The minimum Gasteiger partial charge on any atom is -0.462 e. The molecular weight excluding hydrogens is 831 g/mol. The molecule has 284 valence electrons. The number of ether oxygens (including phenoxy) is 7. The Kier molecular flexibility index (Phi) is 16.7. The third kappa shape index (κ3) is 12.4. The molecule has 0 saturated carbocycles. The van der Waals surface area contributed by atoms with Crippen LogP contribution in [0.5, 0.6) is 0 Å². The van der Waals surface area contributed by atoms with Crippen molar-refractivity contribution in [1.29, 1.82) is 0 Å². The highest BCUT2D eigenvalue weighted by molar-refractivity contribution is 6.76. The lowest BCUT2D eigenvalue weighted by atomic mass is 9.93. The van der Waals surface area contributed by atoms with E-state index in [1.54, 1.807) is 30.3 Å². The number of esters is 2. The van der Waals surface area contributed by atoms with Crippen molar-refractivity contribution in [3.8, 4) is 0 Å². The van der Waals surface area contributed by atoms with Crippen molar-refractivity contribution in [1.82, 2.24) is 10.6 Å². The molecule has 1 aromatic carbocycles. The van der Waals surface area contributed by atoms with E-state index in [0.717, 1.165) is 6.92 Å². The molecule has 2 aliphatic rings. The first-order valence-electron chi connectivity index (χ1n) is 14.7. The van der Waals surface area contributed by atoms with Crippen LogP contribution in [-0.4, -0.2) is 112 Å². The summed E-state index contributed by atoms with van der Waals surface area (Å²) in [6.07, 6.45) is -9.51. The predicted octanol–water partition coefficient (Wildman–Crippen LogP) is 4.18. The highest BCUT2D eigenvalue weighted by Crippen LogP contribution is 2.35. The molecule has 2 saturated heterocycles. The van der Waals surface area contributed by atoms with Crippen molar-refractivity contribution < 1.29 is 52.3 Å². The van der Waals surface area contributed by atoms with Gasteiger partial charge in [-0.15, -0.1) is 11.6 Å². The van der Waals surface area contributed by atoms with Gasteiger partial charge in [0.25, 0.3) is 19.4 Å². The summed E-state index contributed by atoms with van der Waals surface area (Å²) in [5, 5.41) is 8.64. The van der Waals surface area contributed by atoms with Crippen LogP contribution in [-0.2, 0) is 58.9 Å². The molecule has 0 aromatic heterocycles. The van der Waals surface area contributed by atoms with Gasteiger partial charge in [0.15, 0.2) is 12.6 Å². The number of alkyl halides is 7. The van der Waals surface area contributed by atoms with Gasteiger partial charge in [-0.1, -0.05) is 105 Å². The van der Waals surface area contributed by atoms with Crippen LogP contribution in [0.2, 0.25) is 0 Å². The maximum atomic E-state index is 13.0. The van der Waals surface area contributed by atoms with Crippen LogP contribution >= 0.6 is 81.2 Å². The lowest BCUT2D eigenvalue weighted by molar-refractivity contribution is -0.325. The van der Waals surface area contributed by atoms with Crippen LogP contribution in [0.3, 0.4) is 0 Å². The number of benzene rings is 1. The Morgan fingerprint density at radius 1 is 0.922 bits per heavy atom. The van der Waals surface area contributed by atoms with E-state index >= 15 is 0 Å². The molecule has 0 radical (unpaired) electrons. The molecule has 0 aliphatic carbocycles. The first-order valence-corrected chi connectivity index (χ1v) is 17.5. The summed E-state index contributed by atoms with van der Waals surface area (Å²) >= 11 is 40.8. The highest BCUT2D eigenvalue weighted by Gasteiger charge is 2.55. The number of hydrogen-bond donors (Lipinski definition) is 2. The Labute approximate surface area is 326 Å². The normalized spacial score (nSPS) is 29.6. The zero-order valence-electron chi connectivity index (χ0n) is 26.8. The summed E-state index contributed by atoms with van der Waals surface area (Å²) in [5.41, 5.74) is 9.96. The SMILES string of the molecule is CO[C@H]1O[C@H](COC(=O)CCl)[C@@H](O[C@@H]2O[C@H](C)[C@H](N=[N+]=[N-])[C@H](OC(C)=O)[C@H]2NC(=O)C(Cl)(Cl)Cl)[C@@H](OCc2ccccc2)[C@@H]1NC(=O)C(Cl)(Cl)Cl. The summed E-state index contributed by atoms with van der Waals surface area (Å²) in [4.78, 5) is 53.3. The topological polar surface area (TPSA) is 206 Å². The highest BCUT2D eigenvalue weighted by atomic mass is 35.6. The van der Waals surface area contributed by atoms with Crippen LogP contribution in [0.15, 0.2) is 35.4 Å². The third-order valence-corrected chi connectivity index (χ3v) is 8.63. The molecule has 3 rings (SSSR count). The first kappa shape index (κ1) is 43.6. The Balaban J connectivity index is 2.18. The zero-order chi connectivity index (χ0) is 38.1. The van der Waals surface area contributed by atoms with E-state index in [0.29, 0.717) is 5.56 Å². The number of halogens is 7. The Morgan fingerprint density at radius 3 is 2.02 bits per heavy atom. The van der Waals surface area contributed by atoms with Gasteiger partial charge >= 0.3 is 11.9 Å². The standard InChI is InChI=1S/C28H32Cl7N5O11/c1-12-17(39-40-36)21(49-13(2)41)18(37-25(43)27(30,31)32)24(48-12)51-20-15(11-46-16(42)9-29)50-23(45-3)19(38-26(44)28(33,34)35)22(20)47-10-14-7-5-4-6-8-14/h4-8,12,15,17-24H,9-11H2,1-3H3,(H,37,43)(H,38,44)/t12-,15-,17+,18-,19+,20-,21+,22+,23+,24+/m1/s1. The van der Waals surface area contributed by atoms with Crippen molar-refractivity contribution in [2.24, 2.45) is 5.11 Å². The number of carbonyl (C=O) groups excluding carboxylic acids is 4. The van der Waals surface area contributed by atoms with Gasteiger partial charge in [0, 0.05) is 18.9 Å². The maximum Gasteiger partial charge on any atom is 0.320 e. The summed E-state index contributed by atoms with van der Waals surface area (Å²) < 4.78 is 36.3. The molecule has 0 unspecified atom stereocenters. The van der Waals surface area contributed by atoms with Gasteiger partial charge < -0.3 is 43.8 Å². The van der Waals surface area contributed by atoms with Crippen molar-refractivity contribution in [2.75, 3.05) is 19.6 Å². The fraction of sp³-hybridized carbons (Fsp3) is 0.643. The lowest BCUT2D eigenvalue weighted by Crippen LogP contribution is -2.70. The monoisotopic (exact) mass is 859 g/mol. The fourth-order valence-electron chi connectivity index (χ4n) is 5.19. The molecule has 2 aliphatic heterocycles. The average Bonchev–Trinajstić information content (AvgIpc) is 3.06. The van der Waals surface area contributed by atoms with Crippen molar-refractivity contribution in [3.63, 3.8) is 0 Å². The number of carbonyl (C=O) groups is 4. The maximum absolute atomic E-state index is 13.0. The largest absolute Gasteiger partial charge is 0.462 e. The molecule has 23 heteroatoms. The van der Waals surface area contributed by atoms with Crippen LogP contribution in [0.1, 0.15) is 19.4 Å². The van der Waals surface area contributed by atoms with Gasteiger partial charge in [0.2, 0.25) is 0 Å². The number of nitrogens with zero attached hydrogens (tertiary/aromatic N) is 3. The summed E-state index contributed by atoms with van der Waals surface area (Å²) in [6.45, 7) is 1.93. The molecule has 2 N–H and O–H groups in total. The van der Waals surface area contributed by atoms with Gasteiger partial charge in [-0.2, -0.15) is 0 Å². The number of rotatable bonds is 13. The minimum absolute atomic E-state index is 0.0967. The van der Waals surface area contributed by atoms with Crippen molar-refractivity contribution in [2.45, 2.75) is 89.3 Å². The van der Waals surface area contributed by atoms with Crippen LogP contribution in [0, 0.1) is 0 Å². The number of amides is 2. The predicted molar refractivity (Wildman–Crippen MR) is 185 cm³/mol. The number of nitrogens with one attached hydrogen (secondary N) is 2. The lowest BCUT2D eigenvalue weighted by Gasteiger charge is -2.49. The van der Waals surface area contributed by atoms with Crippen molar-refractivity contribution >= 4 is 105 Å². The van der Waals surface area contributed by atoms with E-state index in [1.165, 1.54) is 14.0 Å². The molecule has 2 heterocycles. The number of methoxy groups -OCH3 is 1. The second-order valence-electron chi connectivity index (χ2n) is 10.9. The van der Waals surface area contributed by atoms with E-state index in [-0.39, 0.29) is 6.61 Å². The molecule has 1 aromatic rings. The van der Waals surface area contributed by atoms with E-state index in [4.69, 9.17) is 114 Å². The van der Waals surface area contributed by atoms with Gasteiger partial charge in [0.05, 0.1) is 12.7 Å². The number of hydrogen-bond acceptors (Lipinski definition) is 12. The Morgan fingerprint density at radius 2 is 1.51 bits per heavy atom. The van der Waals surface area contributed by atoms with Crippen molar-refractivity contribution in [3.05, 3.63) is 46.3 Å². The Hall–Kier alpha value is -1.76. The molecule has 0 bridgehead atoms.